The van der Waals surface area contributed by atoms with Crippen LogP contribution in [0.3, 0.4) is 0 Å². The van der Waals surface area contributed by atoms with Crippen LogP contribution in [-0.2, 0) is 10.0 Å². The Labute approximate surface area is 241 Å². The fraction of sp³-hybridized carbons (Fsp3) is 0.296. The molecule has 1 aliphatic heterocycles. The molecule has 1 fully saturated rings. The summed E-state index contributed by atoms with van der Waals surface area (Å²) < 4.78 is 71.0. The van der Waals surface area contributed by atoms with Crippen LogP contribution in [0.4, 0.5) is 24.8 Å². The number of nitrogens with one attached hydrogen (secondary N) is 3. The summed E-state index contributed by atoms with van der Waals surface area (Å²) in [6.45, 7) is 3.62. The van der Waals surface area contributed by atoms with Crippen LogP contribution in [0.2, 0.25) is 0 Å². The first-order valence-electron chi connectivity index (χ1n) is 12.6. The average Bonchev–Trinajstić information content (AvgIpc) is 2.90. The molecule has 0 bridgehead atoms. The minimum Gasteiger partial charge on any atom is -0.437 e. The van der Waals surface area contributed by atoms with Gasteiger partial charge >= 0.3 is 6.18 Å². The molecule has 4 aromatic rings. The molecule has 0 saturated carbocycles. The van der Waals surface area contributed by atoms with Crippen molar-refractivity contribution in [2.45, 2.75) is 32.0 Å². The number of aromatic nitrogens is 3. The van der Waals surface area contributed by atoms with E-state index in [4.69, 9.17) is 4.74 Å². The Morgan fingerprint density at radius 2 is 1.88 bits per heavy atom. The second kappa shape index (κ2) is 12.5. The Kier molecular flexibility index (Phi) is 9.20. The van der Waals surface area contributed by atoms with Crippen LogP contribution in [0.25, 0.3) is 22.0 Å². The van der Waals surface area contributed by atoms with Crippen LogP contribution < -0.4 is 20.1 Å². The molecule has 0 aliphatic carbocycles. The van der Waals surface area contributed by atoms with Crippen LogP contribution in [0, 0.1) is 6.92 Å². The van der Waals surface area contributed by atoms with Gasteiger partial charge in [-0.1, -0.05) is 24.3 Å². The number of fused-ring (bicyclic) bond motifs is 1. The highest BCUT2D eigenvalue weighted by Gasteiger charge is 2.35. The fourth-order valence-electron chi connectivity index (χ4n) is 4.58. The molecule has 14 heteroatoms. The van der Waals surface area contributed by atoms with E-state index < -0.39 is 22.0 Å². The lowest BCUT2D eigenvalue weighted by molar-refractivity contribution is -0.106. The number of pyridine rings is 1. The third-order valence-corrected chi connectivity index (χ3v) is 7.60. The molecular formula is C27H28ClF3N6O3S. The van der Waals surface area contributed by atoms with E-state index in [0.29, 0.717) is 39.3 Å². The second-order valence-corrected chi connectivity index (χ2v) is 11.2. The number of ether oxygens (including phenoxy) is 1. The zero-order valence-electron chi connectivity index (χ0n) is 21.9. The van der Waals surface area contributed by atoms with E-state index in [1.54, 1.807) is 48.8 Å². The summed E-state index contributed by atoms with van der Waals surface area (Å²) in [6, 6.07) is 13.5. The molecule has 2 aromatic heterocycles. The van der Waals surface area contributed by atoms with Crippen LogP contribution in [0.1, 0.15) is 18.4 Å². The number of hydrogen-bond acceptors (Lipinski definition) is 8. The quantitative estimate of drug-likeness (QED) is 0.234. The van der Waals surface area contributed by atoms with Gasteiger partial charge in [0.15, 0.2) is 5.75 Å². The highest BCUT2D eigenvalue weighted by atomic mass is 35.5. The van der Waals surface area contributed by atoms with Crippen molar-refractivity contribution >= 4 is 44.8 Å². The average molecular weight is 609 g/mol. The number of nitrogens with zero attached hydrogens (tertiary/aromatic N) is 3. The van der Waals surface area contributed by atoms with E-state index in [2.05, 4.69) is 30.3 Å². The Morgan fingerprint density at radius 3 is 2.63 bits per heavy atom. The van der Waals surface area contributed by atoms with Crippen molar-refractivity contribution in [3.8, 4) is 22.9 Å². The Bertz CT molecular complexity index is 1630. The third kappa shape index (κ3) is 7.54. The summed E-state index contributed by atoms with van der Waals surface area (Å²) in [6.07, 6.45) is 0.426. The van der Waals surface area contributed by atoms with Gasteiger partial charge in [-0.2, -0.15) is 13.2 Å². The molecule has 0 radical (unpaired) electrons. The maximum atomic E-state index is 12.8. The number of halogens is 4. The molecule has 1 atom stereocenters. The van der Waals surface area contributed by atoms with Gasteiger partial charge in [0.05, 0.1) is 16.9 Å². The van der Waals surface area contributed by atoms with E-state index in [1.165, 1.54) is 6.07 Å². The molecule has 1 saturated heterocycles. The van der Waals surface area contributed by atoms with Crippen molar-refractivity contribution in [1.29, 1.82) is 0 Å². The van der Waals surface area contributed by atoms with Crippen LogP contribution in [0.15, 0.2) is 60.9 Å². The minimum absolute atomic E-state index is 0. The van der Waals surface area contributed by atoms with E-state index >= 15 is 0 Å². The maximum absolute atomic E-state index is 12.8. The largest absolute Gasteiger partial charge is 0.437 e. The van der Waals surface area contributed by atoms with Gasteiger partial charge in [-0.3, -0.25) is 4.72 Å². The zero-order valence-corrected chi connectivity index (χ0v) is 23.5. The molecule has 0 unspecified atom stereocenters. The monoisotopic (exact) mass is 608 g/mol. The molecule has 3 heterocycles. The Hall–Kier alpha value is -3.68. The summed E-state index contributed by atoms with van der Waals surface area (Å²) in [7, 11) is -4.68. The van der Waals surface area contributed by atoms with Gasteiger partial charge in [-0.05, 0) is 56.1 Å². The Balaban J connectivity index is 0.00000387. The van der Waals surface area contributed by atoms with Gasteiger partial charge in [-0.15, -0.1) is 12.4 Å². The van der Waals surface area contributed by atoms with Gasteiger partial charge in [0.2, 0.25) is 21.9 Å². The number of benzene rings is 2. The first-order valence-corrected chi connectivity index (χ1v) is 14.3. The van der Waals surface area contributed by atoms with Crippen LogP contribution >= 0.6 is 12.4 Å². The SMILES string of the molecule is Cc1ccc2c(NS(=O)(=O)CC(F)(F)F)cccc2c1Oc1ncccc1-c1ccnc(N[C@H]2CCCNC2)n1.Cl. The number of alkyl halides is 3. The number of sulfonamides is 1. The lowest BCUT2D eigenvalue weighted by atomic mass is 10.0. The van der Waals surface area contributed by atoms with Gasteiger partial charge < -0.3 is 15.4 Å². The van der Waals surface area contributed by atoms with Crippen molar-refractivity contribution in [2.75, 3.05) is 28.9 Å². The predicted molar refractivity (Wildman–Crippen MR) is 154 cm³/mol. The number of rotatable bonds is 8. The maximum Gasteiger partial charge on any atom is 0.404 e. The zero-order chi connectivity index (χ0) is 28.3. The summed E-state index contributed by atoms with van der Waals surface area (Å²) in [5, 5.41) is 7.58. The van der Waals surface area contributed by atoms with Crippen LogP contribution in [-0.4, -0.2) is 54.4 Å². The van der Waals surface area contributed by atoms with E-state index in [-0.39, 0.29) is 30.0 Å². The molecular weight excluding hydrogens is 581 g/mol. The van der Waals surface area contributed by atoms with Crippen LogP contribution in [0.5, 0.6) is 11.6 Å². The normalized spacial score (nSPS) is 15.7. The second-order valence-electron chi connectivity index (χ2n) is 9.50. The van der Waals surface area contributed by atoms with Crippen molar-refractivity contribution in [2.24, 2.45) is 0 Å². The van der Waals surface area contributed by atoms with Crippen molar-refractivity contribution in [3.05, 3.63) is 66.5 Å². The highest BCUT2D eigenvalue weighted by Crippen LogP contribution is 2.39. The molecule has 9 nitrogen and oxygen atoms in total. The molecule has 5 rings (SSSR count). The summed E-state index contributed by atoms with van der Waals surface area (Å²) in [4.78, 5) is 13.4. The fourth-order valence-corrected chi connectivity index (χ4v) is 5.60. The van der Waals surface area contributed by atoms with Crippen molar-refractivity contribution in [3.63, 3.8) is 0 Å². The number of anilines is 2. The number of piperidine rings is 1. The summed E-state index contributed by atoms with van der Waals surface area (Å²) in [5.41, 5.74) is 1.92. The third-order valence-electron chi connectivity index (χ3n) is 6.36. The van der Waals surface area contributed by atoms with E-state index in [9.17, 15) is 21.6 Å². The lowest BCUT2D eigenvalue weighted by Gasteiger charge is -2.23. The van der Waals surface area contributed by atoms with Gasteiger partial charge in [0.25, 0.3) is 0 Å². The van der Waals surface area contributed by atoms with Crippen molar-refractivity contribution < 1.29 is 26.3 Å². The molecule has 3 N–H and O–H groups in total. The molecule has 41 heavy (non-hydrogen) atoms. The van der Waals surface area contributed by atoms with Gasteiger partial charge in [-0.25, -0.2) is 23.4 Å². The smallest absolute Gasteiger partial charge is 0.404 e. The highest BCUT2D eigenvalue weighted by molar-refractivity contribution is 7.92. The molecule has 218 valence electrons. The van der Waals surface area contributed by atoms with Gasteiger partial charge in [0, 0.05) is 35.8 Å². The molecule has 1 aliphatic rings. The standard InChI is InChI=1S/C27H27F3N6O3S.ClH/c1-17-9-10-19-20(6-2-8-23(19)36-40(37,38)16-27(28,29)30)24(17)39-25-21(7-4-13-32-25)22-11-14-33-26(35-22)34-18-5-3-12-31-15-18;/h2,4,6-11,13-14,18,31,36H,3,5,12,15-16H2,1H3,(H,33,34,35);1H/t18-;/m0./s1. The first kappa shape index (κ1) is 30.3. The number of aryl methyl sites for hydroxylation is 1. The summed E-state index contributed by atoms with van der Waals surface area (Å²) >= 11 is 0. The Morgan fingerprint density at radius 1 is 1.05 bits per heavy atom. The number of hydrogen-bond donors (Lipinski definition) is 3. The van der Waals surface area contributed by atoms with E-state index in [0.717, 1.165) is 25.9 Å². The van der Waals surface area contributed by atoms with E-state index in [1.807, 2.05) is 13.0 Å². The summed E-state index contributed by atoms with van der Waals surface area (Å²) in [5.74, 6) is -0.867. The topological polar surface area (TPSA) is 118 Å². The first-order chi connectivity index (χ1) is 19.1. The predicted octanol–water partition coefficient (Wildman–Crippen LogP) is 5.68. The molecule has 0 spiro atoms. The molecule has 0 amide bonds. The molecule has 2 aromatic carbocycles. The van der Waals surface area contributed by atoms with Gasteiger partial charge in [0.1, 0.15) is 5.75 Å². The minimum atomic E-state index is -4.87. The lowest BCUT2D eigenvalue weighted by Crippen LogP contribution is -2.38. The van der Waals surface area contributed by atoms with Crippen molar-refractivity contribution in [1.82, 2.24) is 20.3 Å².